The monoisotopic (exact) mass is 453 g/mol. The number of amides is 3. The SMILES string of the molecule is CC(C)(C)OC(=O)N1CCCC(NC(=O)c2cc([N+](=O)[O-])c(NCCC(N)=O)cc2F)C1. The first-order valence-electron chi connectivity index (χ1n) is 10.2. The van der Waals surface area contributed by atoms with E-state index >= 15 is 0 Å². The molecule has 176 valence electrons. The number of nitro benzene ring substituents is 1. The zero-order chi connectivity index (χ0) is 24.1. The van der Waals surface area contributed by atoms with Gasteiger partial charge < -0.3 is 26.0 Å². The summed E-state index contributed by atoms with van der Waals surface area (Å²) in [5.74, 6) is -2.41. The largest absolute Gasteiger partial charge is 0.444 e. The minimum atomic E-state index is -0.963. The summed E-state index contributed by atoms with van der Waals surface area (Å²) in [4.78, 5) is 47.8. The second-order valence-electron chi connectivity index (χ2n) is 8.49. The molecule has 1 heterocycles. The molecule has 3 amide bonds. The predicted molar refractivity (Wildman–Crippen MR) is 114 cm³/mol. The standard InChI is InChI=1S/C20H28FN5O6/c1-20(2,3)32-19(29)25-8-4-5-12(11-25)24-18(28)13-9-16(26(30)31)15(10-14(13)21)23-7-6-17(22)27/h9-10,12,23H,4-8,11H2,1-3H3,(H2,22,27)(H,24,28). The second-order valence-corrected chi connectivity index (χ2v) is 8.49. The van der Waals surface area contributed by atoms with Crippen LogP contribution in [0.1, 0.15) is 50.4 Å². The summed E-state index contributed by atoms with van der Waals surface area (Å²) >= 11 is 0. The molecule has 11 nitrogen and oxygen atoms in total. The van der Waals surface area contributed by atoms with Gasteiger partial charge in [-0.2, -0.15) is 0 Å². The van der Waals surface area contributed by atoms with Gasteiger partial charge in [0.15, 0.2) is 0 Å². The molecule has 1 aliphatic heterocycles. The molecule has 0 spiro atoms. The zero-order valence-corrected chi connectivity index (χ0v) is 18.3. The molecule has 32 heavy (non-hydrogen) atoms. The van der Waals surface area contributed by atoms with E-state index in [4.69, 9.17) is 10.5 Å². The maximum atomic E-state index is 14.6. The van der Waals surface area contributed by atoms with Crippen LogP contribution in [0.3, 0.4) is 0 Å². The van der Waals surface area contributed by atoms with Gasteiger partial charge >= 0.3 is 6.09 Å². The van der Waals surface area contributed by atoms with Crippen molar-refractivity contribution in [3.63, 3.8) is 0 Å². The van der Waals surface area contributed by atoms with Crippen LogP contribution < -0.4 is 16.4 Å². The molecule has 2 rings (SSSR count). The van der Waals surface area contributed by atoms with Gasteiger partial charge in [-0.3, -0.25) is 19.7 Å². The average Bonchev–Trinajstić information content (AvgIpc) is 2.66. The Bertz CT molecular complexity index is 901. The van der Waals surface area contributed by atoms with Gasteiger partial charge in [0.2, 0.25) is 5.91 Å². The van der Waals surface area contributed by atoms with Crippen molar-refractivity contribution in [2.45, 2.75) is 51.7 Å². The molecular weight excluding hydrogens is 425 g/mol. The molecule has 0 saturated carbocycles. The van der Waals surface area contributed by atoms with Crippen molar-refractivity contribution < 1.29 is 28.4 Å². The fraction of sp³-hybridized carbons (Fsp3) is 0.550. The highest BCUT2D eigenvalue weighted by Crippen LogP contribution is 2.28. The second kappa shape index (κ2) is 10.2. The Morgan fingerprint density at radius 3 is 2.62 bits per heavy atom. The van der Waals surface area contributed by atoms with E-state index in [0.29, 0.717) is 19.4 Å². The number of nitrogens with one attached hydrogen (secondary N) is 2. The Morgan fingerprint density at radius 2 is 2.03 bits per heavy atom. The van der Waals surface area contributed by atoms with Crippen LogP contribution in [0.5, 0.6) is 0 Å². The number of nitrogens with zero attached hydrogens (tertiary/aromatic N) is 2. The highest BCUT2D eigenvalue weighted by molar-refractivity contribution is 5.96. The lowest BCUT2D eigenvalue weighted by molar-refractivity contribution is -0.384. The van der Waals surface area contributed by atoms with Gasteiger partial charge in [0.05, 0.1) is 10.5 Å². The van der Waals surface area contributed by atoms with Crippen molar-refractivity contribution in [1.29, 1.82) is 0 Å². The smallest absolute Gasteiger partial charge is 0.410 e. The summed E-state index contributed by atoms with van der Waals surface area (Å²) in [6.07, 6.45) is 0.554. The molecule has 0 aromatic heterocycles. The van der Waals surface area contributed by atoms with Crippen molar-refractivity contribution >= 4 is 29.3 Å². The number of nitrogens with two attached hydrogens (primary N) is 1. The first-order chi connectivity index (χ1) is 14.9. The Hall–Kier alpha value is -3.44. The summed E-state index contributed by atoms with van der Waals surface area (Å²) in [5.41, 5.74) is 3.18. The van der Waals surface area contributed by atoms with Gasteiger partial charge in [0.1, 0.15) is 17.1 Å². The Labute approximate surface area is 184 Å². The number of likely N-dealkylation sites (tertiary alicyclic amines) is 1. The summed E-state index contributed by atoms with van der Waals surface area (Å²) in [6.45, 7) is 5.86. The van der Waals surface area contributed by atoms with E-state index in [2.05, 4.69) is 10.6 Å². The van der Waals surface area contributed by atoms with E-state index in [1.165, 1.54) is 4.90 Å². The van der Waals surface area contributed by atoms with Crippen LogP contribution >= 0.6 is 0 Å². The summed E-state index contributed by atoms with van der Waals surface area (Å²) in [7, 11) is 0. The van der Waals surface area contributed by atoms with Crippen molar-refractivity contribution in [3.05, 3.63) is 33.6 Å². The molecule has 1 aliphatic rings. The lowest BCUT2D eigenvalue weighted by Crippen LogP contribution is -2.50. The molecule has 1 saturated heterocycles. The molecule has 1 fully saturated rings. The third-order valence-corrected chi connectivity index (χ3v) is 4.62. The topological polar surface area (TPSA) is 157 Å². The van der Waals surface area contributed by atoms with Crippen LogP contribution in [0.4, 0.5) is 20.6 Å². The maximum Gasteiger partial charge on any atom is 0.410 e. The number of benzene rings is 1. The predicted octanol–water partition coefficient (Wildman–Crippen LogP) is 2.15. The number of piperidine rings is 1. The minimum absolute atomic E-state index is 0.0241. The van der Waals surface area contributed by atoms with Crippen molar-refractivity contribution in [1.82, 2.24) is 10.2 Å². The number of carbonyl (C=O) groups is 3. The third kappa shape index (κ3) is 7.06. The molecule has 1 aromatic carbocycles. The fourth-order valence-corrected chi connectivity index (χ4v) is 3.20. The van der Waals surface area contributed by atoms with Crippen LogP contribution in [0.2, 0.25) is 0 Å². The Kier molecular flexibility index (Phi) is 7.95. The highest BCUT2D eigenvalue weighted by atomic mass is 19.1. The molecule has 1 atom stereocenters. The van der Waals surface area contributed by atoms with Gasteiger partial charge in [-0.15, -0.1) is 0 Å². The zero-order valence-electron chi connectivity index (χ0n) is 18.3. The molecule has 4 N–H and O–H groups in total. The van der Waals surface area contributed by atoms with Gasteiger partial charge in [0.25, 0.3) is 11.6 Å². The number of ether oxygens (including phenoxy) is 1. The summed E-state index contributed by atoms with van der Waals surface area (Å²) in [5, 5.41) is 16.6. The minimum Gasteiger partial charge on any atom is -0.444 e. The summed E-state index contributed by atoms with van der Waals surface area (Å²) < 4.78 is 19.9. The van der Waals surface area contributed by atoms with E-state index in [9.17, 15) is 28.9 Å². The lowest BCUT2D eigenvalue weighted by Gasteiger charge is -2.34. The summed E-state index contributed by atoms with van der Waals surface area (Å²) in [6, 6.07) is 1.21. The number of nitro groups is 1. The molecule has 1 aromatic rings. The van der Waals surface area contributed by atoms with Gasteiger partial charge in [-0.05, 0) is 33.6 Å². The van der Waals surface area contributed by atoms with Gasteiger partial charge in [0, 0.05) is 44.2 Å². The number of carbonyl (C=O) groups excluding carboxylic acids is 3. The first kappa shape index (κ1) is 24.8. The molecule has 1 unspecified atom stereocenters. The van der Waals surface area contributed by atoms with E-state index < -0.39 is 51.5 Å². The Balaban J connectivity index is 2.11. The van der Waals surface area contributed by atoms with Crippen LogP contribution in [-0.2, 0) is 9.53 Å². The van der Waals surface area contributed by atoms with Crippen LogP contribution in [0.25, 0.3) is 0 Å². The van der Waals surface area contributed by atoms with Gasteiger partial charge in [-0.1, -0.05) is 0 Å². The average molecular weight is 453 g/mol. The third-order valence-electron chi connectivity index (χ3n) is 4.62. The van der Waals surface area contributed by atoms with Crippen LogP contribution in [0, 0.1) is 15.9 Å². The fourth-order valence-electron chi connectivity index (χ4n) is 3.20. The molecular formula is C20H28FN5O6. The molecule has 0 aliphatic carbocycles. The molecule has 12 heteroatoms. The van der Waals surface area contributed by atoms with Crippen molar-refractivity contribution in [2.24, 2.45) is 5.73 Å². The van der Waals surface area contributed by atoms with E-state index in [-0.39, 0.29) is 25.2 Å². The van der Waals surface area contributed by atoms with Gasteiger partial charge in [-0.25, -0.2) is 9.18 Å². The van der Waals surface area contributed by atoms with Crippen LogP contribution in [-0.4, -0.2) is 59.0 Å². The van der Waals surface area contributed by atoms with E-state index in [0.717, 1.165) is 12.1 Å². The maximum absolute atomic E-state index is 14.6. The van der Waals surface area contributed by atoms with Crippen molar-refractivity contribution in [2.75, 3.05) is 25.0 Å². The van der Waals surface area contributed by atoms with Crippen LogP contribution in [0.15, 0.2) is 12.1 Å². The number of primary amides is 1. The first-order valence-corrected chi connectivity index (χ1v) is 10.2. The number of halogens is 1. The van der Waals surface area contributed by atoms with E-state index in [1.54, 1.807) is 20.8 Å². The number of hydrogen-bond donors (Lipinski definition) is 3. The number of hydrogen-bond acceptors (Lipinski definition) is 7. The number of anilines is 1. The van der Waals surface area contributed by atoms with E-state index in [1.807, 2.05) is 0 Å². The normalized spacial score (nSPS) is 16.2. The molecule has 0 bridgehead atoms. The Morgan fingerprint density at radius 1 is 1.34 bits per heavy atom. The quantitative estimate of drug-likeness (QED) is 0.422. The number of rotatable bonds is 7. The van der Waals surface area contributed by atoms with Crippen molar-refractivity contribution in [3.8, 4) is 0 Å². The lowest BCUT2D eigenvalue weighted by atomic mass is 10.0. The highest BCUT2D eigenvalue weighted by Gasteiger charge is 2.30. The molecule has 0 radical (unpaired) electrons.